The van der Waals surface area contributed by atoms with Gasteiger partial charge in [0.2, 0.25) is 0 Å². The molecule has 0 rings (SSSR count). The van der Waals surface area contributed by atoms with Crippen LogP contribution in [0.1, 0.15) is 309 Å². The summed E-state index contributed by atoms with van der Waals surface area (Å²) in [5.74, 6) is -0.819. The average molecular weight is 1130 g/mol. The number of hydrogen-bond acceptors (Lipinski definition) is 8. The minimum atomic E-state index is -4.39. The van der Waals surface area contributed by atoms with Gasteiger partial charge in [-0.15, -0.1) is 0 Å². The Kier molecular flexibility index (Phi) is 62.1. The van der Waals surface area contributed by atoms with Crippen molar-refractivity contribution in [3.63, 3.8) is 0 Å². The zero-order valence-electron chi connectivity index (χ0n) is 51.3. The Balaban J connectivity index is 3.90. The van der Waals surface area contributed by atoms with Gasteiger partial charge in [0.15, 0.2) is 6.10 Å². The maximum absolute atomic E-state index is 12.8. The van der Waals surface area contributed by atoms with E-state index in [1.807, 2.05) is 0 Å². The molecule has 0 heterocycles. The first-order valence-electron chi connectivity index (χ1n) is 33.1. The van der Waals surface area contributed by atoms with Crippen LogP contribution in [0.3, 0.4) is 0 Å². The second-order valence-electron chi connectivity index (χ2n) is 22.0. The smallest absolute Gasteiger partial charge is 0.462 e. The Hall–Kier alpha value is -2.81. The highest BCUT2D eigenvalue weighted by atomic mass is 31.2. The summed E-state index contributed by atoms with van der Waals surface area (Å²) in [6.07, 6.45) is 85.2. The summed E-state index contributed by atoms with van der Waals surface area (Å²) < 4.78 is 33.2. The lowest BCUT2D eigenvalue weighted by atomic mass is 10.0. The van der Waals surface area contributed by atoms with Crippen LogP contribution in [0, 0.1) is 0 Å². The van der Waals surface area contributed by atoms with E-state index in [0.717, 1.165) is 77.0 Å². The largest absolute Gasteiger partial charge is 0.472 e. The monoisotopic (exact) mass is 1130 g/mol. The molecule has 0 aromatic carbocycles. The number of hydrogen-bond donors (Lipinski definition) is 2. The molecule has 0 spiro atoms. The van der Waals surface area contributed by atoms with Crippen molar-refractivity contribution in [2.45, 2.75) is 315 Å². The molecule has 0 aliphatic heterocycles. The van der Waals surface area contributed by atoms with E-state index in [4.69, 9.17) is 24.3 Å². The van der Waals surface area contributed by atoms with Crippen LogP contribution in [0.25, 0.3) is 0 Å². The van der Waals surface area contributed by atoms with Crippen LogP contribution in [0.2, 0.25) is 0 Å². The Labute approximate surface area is 487 Å². The Morgan fingerprint density at radius 1 is 0.392 bits per heavy atom. The Bertz CT molecular complexity index is 1570. The number of phosphoric ester groups is 1. The molecule has 10 heteroatoms. The SMILES string of the molecule is CC/C=C\C/C=C\C/C=C\C/C=C\CCCCCCCCCCCCCCCCCCC(=O)OC(COC(=O)CCCCCCCCCCCCCCCC/C=C\C/C=C\C/C=C\CCCCCCC)COP(=O)(O)OCCN. The number of unbranched alkanes of at least 4 members (excludes halogenated alkanes) is 35. The Morgan fingerprint density at radius 2 is 0.696 bits per heavy atom. The van der Waals surface area contributed by atoms with Crippen molar-refractivity contribution in [1.82, 2.24) is 0 Å². The van der Waals surface area contributed by atoms with E-state index in [0.29, 0.717) is 6.42 Å². The fraction of sp³-hybridized carbons (Fsp3) is 0.768. The average Bonchev–Trinajstić information content (AvgIpc) is 3.44. The zero-order chi connectivity index (χ0) is 57.3. The summed E-state index contributed by atoms with van der Waals surface area (Å²) in [4.78, 5) is 35.3. The molecule has 0 radical (unpaired) electrons. The number of carbonyl (C=O) groups excluding carboxylic acids is 2. The molecular formula is C69H124NO8P. The molecule has 9 nitrogen and oxygen atoms in total. The van der Waals surface area contributed by atoms with Gasteiger partial charge >= 0.3 is 19.8 Å². The van der Waals surface area contributed by atoms with Crippen LogP contribution in [-0.2, 0) is 32.7 Å². The second kappa shape index (κ2) is 64.4. The van der Waals surface area contributed by atoms with E-state index in [9.17, 15) is 19.0 Å². The van der Waals surface area contributed by atoms with Crippen molar-refractivity contribution in [2.75, 3.05) is 26.4 Å². The van der Waals surface area contributed by atoms with Crippen molar-refractivity contribution in [1.29, 1.82) is 0 Å². The van der Waals surface area contributed by atoms with Crippen molar-refractivity contribution in [2.24, 2.45) is 5.73 Å². The number of allylic oxidation sites excluding steroid dienone is 14. The lowest BCUT2D eigenvalue weighted by molar-refractivity contribution is -0.161. The molecule has 0 saturated heterocycles. The zero-order valence-corrected chi connectivity index (χ0v) is 52.2. The third-order valence-electron chi connectivity index (χ3n) is 14.3. The van der Waals surface area contributed by atoms with Crippen LogP contribution in [0.5, 0.6) is 0 Å². The summed E-state index contributed by atoms with van der Waals surface area (Å²) in [5, 5.41) is 0. The predicted octanol–water partition coefficient (Wildman–Crippen LogP) is 21.4. The maximum atomic E-state index is 12.8. The molecule has 2 unspecified atom stereocenters. The van der Waals surface area contributed by atoms with Crippen molar-refractivity contribution in [3.8, 4) is 0 Å². The van der Waals surface area contributed by atoms with Crippen LogP contribution < -0.4 is 5.73 Å². The molecule has 2 atom stereocenters. The summed E-state index contributed by atoms with van der Waals surface area (Å²) in [7, 11) is -4.39. The highest BCUT2D eigenvalue weighted by Gasteiger charge is 2.26. The lowest BCUT2D eigenvalue weighted by Crippen LogP contribution is -2.29. The van der Waals surface area contributed by atoms with E-state index in [1.165, 1.54) is 199 Å². The number of rotatable bonds is 62. The summed E-state index contributed by atoms with van der Waals surface area (Å²) in [5.41, 5.74) is 5.40. The first kappa shape index (κ1) is 76.2. The summed E-state index contributed by atoms with van der Waals surface area (Å²) in [6.45, 7) is 3.66. The molecule has 0 aromatic heterocycles. The van der Waals surface area contributed by atoms with Crippen molar-refractivity contribution < 1.29 is 37.6 Å². The van der Waals surface area contributed by atoms with Gasteiger partial charge in [0.1, 0.15) is 6.61 Å². The molecule has 0 fully saturated rings. The molecule has 0 aliphatic carbocycles. The second-order valence-corrected chi connectivity index (χ2v) is 23.4. The lowest BCUT2D eigenvalue weighted by Gasteiger charge is -2.19. The fourth-order valence-electron chi connectivity index (χ4n) is 9.40. The molecule has 0 saturated carbocycles. The normalized spacial score (nSPS) is 13.5. The van der Waals surface area contributed by atoms with Crippen LogP contribution in [-0.4, -0.2) is 49.3 Å². The van der Waals surface area contributed by atoms with Gasteiger partial charge in [-0.2, -0.15) is 0 Å². The van der Waals surface area contributed by atoms with Crippen LogP contribution >= 0.6 is 7.82 Å². The first-order valence-corrected chi connectivity index (χ1v) is 34.6. The number of nitrogens with two attached hydrogens (primary N) is 1. The molecule has 0 amide bonds. The van der Waals surface area contributed by atoms with E-state index < -0.39 is 26.5 Å². The first-order chi connectivity index (χ1) is 38.8. The topological polar surface area (TPSA) is 134 Å². The van der Waals surface area contributed by atoms with Gasteiger partial charge < -0.3 is 20.1 Å². The number of carbonyl (C=O) groups is 2. The van der Waals surface area contributed by atoms with Gasteiger partial charge in [-0.1, -0.05) is 292 Å². The third kappa shape index (κ3) is 64.2. The summed E-state index contributed by atoms with van der Waals surface area (Å²) >= 11 is 0. The number of ether oxygens (including phenoxy) is 2. The highest BCUT2D eigenvalue weighted by Crippen LogP contribution is 2.43. The maximum Gasteiger partial charge on any atom is 0.472 e. The Morgan fingerprint density at radius 3 is 1.04 bits per heavy atom. The van der Waals surface area contributed by atoms with Gasteiger partial charge in [0, 0.05) is 19.4 Å². The minimum absolute atomic E-state index is 0.0518. The molecule has 0 aliphatic rings. The molecular weight excluding hydrogens is 1000 g/mol. The van der Waals surface area contributed by atoms with Gasteiger partial charge in [-0.25, -0.2) is 4.57 Å². The third-order valence-corrected chi connectivity index (χ3v) is 15.2. The molecule has 79 heavy (non-hydrogen) atoms. The molecule has 3 N–H and O–H groups in total. The standard InChI is InChI=1S/C69H124NO8P/c1-3-5-7-9-11-13-15-17-19-21-23-25-27-29-31-33-35-37-39-41-43-45-47-49-51-53-55-57-59-61-68(71)75-65-67(66-77-79(73,74)76-64-63-70)78-69(72)62-60-58-56-54-52-50-48-46-44-42-40-38-36-34-32-30-28-26-24-22-20-18-16-14-12-10-8-6-4-2/h6,8,12,14-15,17-18,20-21,23-24,26-27,29,67H,3-5,7,9-11,13,16,19,22,25,28,30-66,70H2,1-2H3,(H,73,74)/b8-6-,14-12-,17-15-,20-18-,23-21-,26-24-,29-27-. The minimum Gasteiger partial charge on any atom is -0.462 e. The van der Waals surface area contributed by atoms with E-state index >= 15 is 0 Å². The molecule has 0 aromatic rings. The molecule has 0 bridgehead atoms. The fourth-order valence-corrected chi connectivity index (χ4v) is 10.2. The van der Waals surface area contributed by atoms with Gasteiger partial charge in [0.25, 0.3) is 0 Å². The summed E-state index contributed by atoms with van der Waals surface area (Å²) in [6, 6.07) is 0. The van der Waals surface area contributed by atoms with Gasteiger partial charge in [-0.3, -0.25) is 18.6 Å². The van der Waals surface area contributed by atoms with Gasteiger partial charge in [0.05, 0.1) is 13.2 Å². The van der Waals surface area contributed by atoms with E-state index in [2.05, 4.69) is 98.9 Å². The number of phosphoric acid groups is 1. The van der Waals surface area contributed by atoms with Gasteiger partial charge in [-0.05, 0) is 89.9 Å². The van der Waals surface area contributed by atoms with E-state index in [-0.39, 0.29) is 38.6 Å². The van der Waals surface area contributed by atoms with Crippen LogP contribution in [0.4, 0.5) is 0 Å². The predicted molar refractivity (Wildman–Crippen MR) is 339 cm³/mol. The highest BCUT2D eigenvalue weighted by molar-refractivity contribution is 7.47. The van der Waals surface area contributed by atoms with Crippen LogP contribution in [0.15, 0.2) is 85.1 Å². The number of esters is 2. The quantitative estimate of drug-likeness (QED) is 0.0264. The van der Waals surface area contributed by atoms with Crippen molar-refractivity contribution >= 4 is 19.8 Å². The molecule has 458 valence electrons. The van der Waals surface area contributed by atoms with E-state index in [1.54, 1.807) is 0 Å². The van der Waals surface area contributed by atoms with Crippen molar-refractivity contribution in [3.05, 3.63) is 85.1 Å².